The van der Waals surface area contributed by atoms with Crippen LogP contribution >= 0.6 is 39.1 Å². The first-order valence-electron chi connectivity index (χ1n) is 13.5. The molecule has 6 rings (SSSR count). The molecule has 0 unspecified atom stereocenters. The molecule has 10 nitrogen and oxygen atoms in total. The first-order valence-corrected chi connectivity index (χ1v) is 17.9. The molecule has 0 N–H and O–H groups in total. The monoisotopic (exact) mass is 737 g/mol. The second-order valence-corrected chi connectivity index (χ2v) is 16.3. The Morgan fingerprint density at radius 3 is 2.00 bits per heavy atom. The van der Waals surface area contributed by atoms with E-state index in [-0.39, 0.29) is 48.5 Å². The summed E-state index contributed by atoms with van der Waals surface area (Å²) in [5, 5.41) is 0.433. The van der Waals surface area contributed by atoms with Gasteiger partial charge in [-0.25, -0.2) is 26.7 Å². The van der Waals surface area contributed by atoms with Crippen molar-refractivity contribution in [3.05, 3.63) is 99.1 Å². The van der Waals surface area contributed by atoms with E-state index in [1.165, 1.54) is 42.5 Å². The molecule has 1 amide bonds. The van der Waals surface area contributed by atoms with Crippen molar-refractivity contribution >= 4 is 76.7 Å². The molecule has 0 radical (unpaired) electrons. The maximum Gasteiger partial charge on any atom is 0.260 e. The van der Waals surface area contributed by atoms with E-state index in [0.717, 1.165) is 10.0 Å². The number of aromatic nitrogens is 2. The first-order chi connectivity index (χ1) is 20.8. The van der Waals surface area contributed by atoms with Crippen LogP contribution in [0.2, 0.25) is 10.0 Å². The fraction of sp³-hybridized carbons (Fsp3) is 0.241. The van der Waals surface area contributed by atoms with Crippen molar-refractivity contribution in [2.75, 3.05) is 31.1 Å². The van der Waals surface area contributed by atoms with Crippen molar-refractivity contribution < 1.29 is 21.6 Å². The number of hydrogen-bond donors (Lipinski definition) is 0. The van der Waals surface area contributed by atoms with Crippen molar-refractivity contribution in [3.63, 3.8) is 0 Å². The first kappa shape index (κ1) is 31.2. The van der Waals surface area contributed by atoms with Crippen LogP contribution in [0.4, 0.5) is 11.6 Å². The molecule has 1 atom stereocenters. The molecule has 3 aromatic carbocycles. The summed E-state index contributed by atoms with van der Waals surface area (Å²) in [5.41, 5.74) is -0.240. The number of piperazine rings is 1. The van der Waals surface area contributed by atoms with Gasteiger partial charge in [0.2, 0.25) is 16.0 Å². The SMILES string of the molecule is C[C@@]1(Cc2ccc(Br)cc2)C(=O)N(c2cc(Cl)cc(Cl)c2)c2ncc(S(=O)(=O)N3CCN(S(=O)(=O)c4ccccc4)CC3)n21. The van der Waals surface area contributed by atoms with Crippen LogP contribution in [0.25, 0.3) is 0 Å². The molecule has 0 aliphatic carbocycles. The molecule has 3 heterocycles. The number of imidazole rings is 1. The van der Waals surface area contributed by atoms with E-state index in [2.05, 4.69) is 20.9 Å². The summed E-state index contributed by atoms with van der Waals surface area (Å²) in [6.07, 6.45) is 1.40. The van der Waals surface area contributed by atoms with Crippen molar-refractivity contribution in [2.45, 2.75) is 28.8 Å². The van der Waals surface area contributed by atoms with E-state index in [9.17, 15) is 21.6 Å². The van der Waals surface area contributed by atoms with Crippen LogP contribution in [-0.2, 0) is 36.8 Å². The van der Waals surface area contributed by atoms with Crippen LogP contribution in [0.3, 0.4) is 0 Å². The molecule has 0 bridgehead atoms. The molecule has 230 valence electrons. The maximum absolute atomic E-state index is 14.3. The Morgan fingerprint density at radius 2 is 1.41 bits per heavy atom. The molecular weight excluding hydrogens is 713 g/mol. The molecule has 0 spiro atoms. The van der Waals surface area contributed by atoms with Gasteiger partial charge < -0.3 is 0 Å². The van der Waals surface area contributed by atoms with Gasteiger partial charge in [0, 0.05) is 47.1 Å². The highest BCUT2D eigenvalue weighted by molar-refractivity contribution is 9.10. The van der Waals surface area contributed by atoms with Gasteiger partial charge in [-0.1, -0.05) is 69.5 Å². The number of benzene rings is 3. The van der Waals surface area contributed by atoms with Gasteiger partial charge in [-0.15, -0.1) is 0 Å². The van der Waals surface area contributed by atoms with Gasteiger partial charge in [-0.2, -0.15) is 8.61 Å². The van der Waals surface area contributed by atoms with Gasteiger partial charge in [0.1, 0.15) is 5.54 Å². The number of hydrogen-bond acceptors (Lipinski definition) is 6. The molecular formula is C29H26BrCl2N5O5S2. The normalized spacial score (nSPS) is 19.8. The second kappa shape index (κ2) is 11.5. The van der Waals surface area contributed by atoms with E-state index in [1.807, 2.05) is 24.3 Å². The minimum Gasteiger partial charge on any atom is -0.284 e. The average molecular weight is 740 g/mol. The fourth-order valence-electron chi connectivity index (χ4n) is 5.64. The van der Waals surface area contributed by atoms with E-state index in [4.69, 9.17) is 23.2 Å². The zero-order valence-corrected chi connectivity index (χ0v) is 28.0. The van der Waals surface area contributed by atoms with Crippen LogP contribution in [0.1, 0.15) is 12.5 Å². The van der Waals surface area contributed by atoms with E-state index in [1.54, 1.807) is 37.3 Å². The number of halogens is 3. The summed E-state index contributed by atoms with van der Waals surface area (Å²) in [6, 6.07) is 20.1. The molecule has 4 aromatic rings. The van der Waals surface area contributed by atoms with Gasteiger partial charge in [0.15, 0.2) is 5.03 Å². The Labute approximate surface area is 274 Å². The minimum absolute atomic E-state index is 0.0281. The van der Waals surface area contributed by atoms with Gasteiger partial charge in [-0.3, -0.25) is 9.36 Å². The zero-order valence-electron chi connectivity index (χ0n) is 23.3. The van der Waals surface area contributed by atoms with Crippen molar-refractivity contribution in [1.29, 1.82) is 0 Å². The maximum atomic E-state index is 14.3. The highest BCUT2D eigenvalue weighted by Crippen LogP contribution is 2.45. The van der Waals surface area contributed by atoms with Gasteiger partial charge >= 0.3 is 0 Å². The average Bonchev–Trinajstić information content (AvgIpc) is 3.52. The second-order valence-electron chi connectivity index (χ2n) is 10.7. The van der Waals surface area contributed by atoms with Crippen molar-refractivity contribution in [2.24, 2.45) is 0 Å². The summed E-state index contributed by atoms with van der Waals surface area (Å²) in [4.78, 5) is 20.2. The predicted octanol–water partition coefficient (Wildman–Crippen LogP) is 5.28. The fourth-order valence-corrected chi connectivity index (χ4v) is 9.47. The van der Waals surface area contributed by atoms with Crippen LogP contribution in [0.5, 0.6) is 0 Å². The molecule has 44 heavy (non-hydrogen) atoms. The summed E-state index contributed by atoms with van der Waals surface area (Å²) in [6.45, 7) is 1.48. The van der Waals surface area contributed by atoms with E-state index < -0.39 is 31.5 Å². The number of anilines is 2. The van der Waals surface area contributed by atoms with Gasteiger partial charge in [0.25, 0.3) is 15.9 Å². The smallest absolute Gasteiger partial charge is 0.260 e. The molecule has 15 heteroatoms. The zero-order chi connectivity index (χ0) is 31.4. The molecule has 1 fully saturated rings. The number of fused-ring (bicyclic) bond motifs is 1. The third-order valence-electron chi connectivity index (χ3n) is 7.82. The van der Waals surface area contributed by atoms with Gasteiger partial charge in [-0.05, 0) is 55.0 Å². The van der Waals surface area contributed by atoms with E-state index in [0.29, 0.717) is 15.7 Å². The van der Waals surface area contributed by atoms with Crippen LogP contribution in [0.15, 0.2) is 93.4 Å². The predicted molar refractivity (Wildman–Crippen MR) is 171 cm³/mol. The lowest BCUT2D eigenvalue weighted by atomic mass is 9.92. The minimum atomic E-state index is -4.22. The van der Waals surface area contributed by atoms with Crippen molar-refractivity contribution in [3.8, 4) is 0 Å². The Balaban J connectivity index is 1.38. The summed E-state index contributed by atoms with van der Waals surface area (Å²) >= 11 is 16.0. The summed E-state index contributed by atoms with van der Waals surface area (Å²) in [7, 11) is -8.00. The molecule has 1 aromatic heterocycles. The highest BCUT2D eigenvalue weighted by Gasteiger charge is 2.52. The van der Waals surface area contributed by atoms with Crippen LogP contribution in [-0.4, -0.2) is 67.1 Å². The summed E-state index contributed by atoms with van der Waals surface area (Å²) < 4.78 is 59.5. The third-order valence-corrected chi connectivity index (χ3v) is 12.6. The third kappa shape index (κ3) is 5.38. The topological polar surface area (TPSA) is 113 Å². The van der Waals surface area contributed by atoms with Crippen LogP contribution in [0, 0.1) is 0 Å². The Hall–Kier alpha value is -2.78. The van der Waals surface area contributed by atoms with Crippen molar-refractivity contribution in [1.82, 2.24) is 18.2 Å². The molecule has 1 saturated heterocycles. The lowest BCUT2D eigenvalue weighted by Crippen LogP contribution is -2.51. The lowest BCUT2D eigenvalue weighted by Gasteiger charge is -2.34. The summed E-state index contributed by atoms with van der Waals surface area (Å²) in [5.74, 6) is -0.297. The number of carbonyl (C=O) groups excluding carboxylic acids is 1. The molecule has 2 aliphatic rings. The number of rotatable bonds is 7. The number of nitrogens with zero attached hydrogens (tertiary/aromatic N) is 5. The number of amides is 1. The van der Waals surface area contributed by atoms with Gasteiger partial charge in [0.05, 0.1) is 16.8 Å². The largest absolute Gasteiger partial charge is 0.284 e. The van der Waals surface area contributed by atoms with Crippen LogP contribution < -0.4 is 4.90 Å². The quantitative estimate of drug-likeness (QED) is 0.255. The Morgan fingerprint density at radius 1 is 0.841 bits per heavy atom. The number of sulfonamides is 2. The Bertz CT molecular complexity index is 1950. The number of carbonyl (C=O) groups is 1. The molecule has 2 aliphatic heterocycles. The highest BCUT2D eigenvalue weighted by atomic mass is 79.9. The molecule has 0 saturated carbocycles. The van der Waals surface area contributed by atoms with E-state index >= 15 is 0 Å². The Kier molecular flexibility index (Phi) is 8.19. The lowest BCUT2D eigenvalue weighted by molar-refractivity contribution is -0.124. The standard InChI is InChI=1S/C29H26BrCl2N5O5S2/c1-29(18-20-7-9-21(30)10-8-20)27(38)36(24-16-22(31)15-23(32)17-24)28-33-19-26(37(28)29)44(41,42)35-13-11-34(12-14-35)43(39,40)25-5-3-2-4-6-25/h2-10,15-17,19H,11-14,18H2,1H3/t29-/m1/s1.